The van der Waals surface area contributed by atoms with Crippen LogP contribution in [-0.2, 0) is 22.3 Å². The molecular weight excluding hydrogens is 306 g/mol. The van der Waals surface area contributed by atoms with Crippen LogP contribution in [0.4, 0.5) is 0 Å². The number of halogens is 1. The summed E-state index contributed by atoms with van der Waals surface area (Å²) in [6.07, 6.45) is 2.17. The molecule has 0 radical (unpaired) electrons. The smallest absolute Gasteiger partial charge is 0.211 e. The van der Waals surface area contributed by atoms with E-state index in [0.29, 0.717) is 19.0 Å². The number of rotatable bonds is 5. The molecule has 19 heavy (non-hydrogen) atoms. The third-order valence-electron chi connectivity index (χ3n) is 3.18. The van der Waals surface area contributed by atoms with Crippen molar-refractivity contribution in [3.05, 3.63) is 16.1 Å². The zero-order valence-corrected chi connectivity index (χ0v) is 13.3. The monoisotopic (exact) mass is 323 g/mol. The highest BCUT2D eigenvalue weighted by Gasteiger charge is 2.23. The van der Waals surface area contributed by atoms with Crippen molar-refractivity contribution in [2.45, 2.75) is 12.3 Å². The Morgan fingerprint density at radius 3 is 2.58 bits per heavy atom. The Kier molecular flexibility index (Phi) is 5.19. The van der Waals surface area contributed by atoms with Gasteiger partial charge in [-0.05, 0) is 0 Å². The van der Waals surface area contributed by atoms with Crippen molar-refractivity contribution >= 4 is 33.0 Å². The molecule has 1 fully saturated rings. The largest absolute Gasteiger partial charge is 0.300 e. The number of nitrogens with zero attached hydrogens (tertiary/aromatic N) is 3. The van der Waals surface area contributed by atoms with Crippen LogP contribution in [0, 0.1) is 0 Å². The SMILES string of the molecule is CS(=O)(=O)N1CCN(CCc2nc(CCl)cs2)CC1. The predicted octanol–water partition coefficient (Wildman–Crippen LogP) is 1.00. The third-order valence-corrected chi connectivity index (χ3v) is 5.71. The lowest BCUT2D eigenvalue weighted by Gasteiger charge is -2.32. The van der Waals surface area contributed by atoms with E-state index in [4.69, 9.17) is 11.6 Å². The van der Waals surface area contributed by atoms with Crippen molar-refractivity contribution in [2.24, 2.45) is 0 Å². The number of aromatic nitrogens is 1. The van der Waals surface area contributed by atoms with Crippen molar-refractivity contribution in [3.63, 3.8) is 0 Å². The van der Waals surface area contributed by atoms with Crippen molar-refractivity contribution in [1.29, 1.82) is 0 Å². The van der Waals surface area contributed by atoms with Crippen LogP contribution in [0.2, 0.25) is 0 Å². The second-order valence-electron chi connectivity index (χ2n) is 4.62. The van der Waals surface area contributed by atoms with Crippen LogP contribution in [0.3, 0.4) is 0 Å². The first-order valence-electron chi connectivity index (χ1n) is 6.16. The van der Waals surface area contributed by atoms with E-state index in [9.17, 15) is 8.42 Å². The van der Waals surface area contributed by atoms with Gasteiger partial charge in [0, 0.05) is 44.5 Å². The summed E-state index contributed by atoms with van der Waals surface area (Å²) < 4.78 is 24.3. The molecule has 0 saturated carbocycles. The number of thiazole rings is 1. The molecule has 1 aliphatic heterocycles. The molecule has 2 rings (SSSR count). The highest BCUT2D eigenvalue weighted by molar-refractivity contribution is 7.88. The molecule has 0 aliphatic carbocycles. The summed E-state index contributed by atoms with van der Waals surface area (Å²) in [5.74, 6) is 0.462. The van der Waals surface area contributed by atoms with Gasteiger partial charge >= 0.3 is 0 Å². The fourth-order valence-electron chi connectivity index (χ4n) is 2.06. The molecule has 0 spiro atoms. The molecule has 1 aromatic heterocycles. The molecular formula is C11H18ClN3O2S2. The Morgan fingerprint density at radius 2 is 2.05 bits per heavy atom. The molecule has 0 aromatic carbocycles. The van der Waals surface area contributed by atoms with Crippen LogP contribution in [0.25, 0.3) is 0 Å². The van der Waals surface area contributed by atoms with E-state index in [1.807, 2.05) is 5.38 Å². The summed E-state index contributed by atoms with van der Waals surface area (Å²) in [4.78, 5) is 6.70. The average molecular weight is 324 g/mol. The summed E-state index contributed by atoms with van der Waals surface area (Å²) in [6, 6.07) is 0. The molecule has 0 unspecified atom stereocenters. The van der Waals surface area contributed by atoms with Crippen LogP contribution in [-0.4, -0.2) is 61.6 Å². The van der Waals surface area contributed by atoms with Crippen LogP contribution in [0.5, 0.6) is 0 Å². The van der Waals surface area contributed by atoms with Gasteiger partial charge in [-0.25, -0.2) is 13.4 Å². The zero-order chi connectivity index (χ0) is 13.9. The van der Waals surface area contributed by atoms with Gasteiger partial charge in [0.15, 0.2) is 0 Å². The predicted molar refractivity (Wildman–Crippen MR) is 78.2 cm³/mol. The van der Waals surface area contributed by atoms with Gasteiger partial charge in [-0.2, -0.15) is 4.31 Å². The Balaban J connectivity index is 1.77. The summed E-state index contributed by atoms with van der Waals surface area (Å²) in [5.41, 5.74) is 0.934. The highest BCUT2D eigenvalue weighted by Crippen LogP contribution is 2.13. The number of piperazine rings is 1. The third kappa shape index (κ3) is 4.39. The van der Waals surface area contributed by atoms with Gasteiger partial charge in [0.25, 0.3) is 0 Å². The van der Waals surface area contributed by atoms with Crippen molar-refractivity contribution in [3.8, 4) is 0 Å². The summed E-state index contributed by atoms with van der Waals surface area (Å²) in [7, 11) is -3.03. The van der Waals surface area contributed by atoms with Crippen LogP contribution in [0.1, 0.15) is 10.7 Å². The van der Waals surface area contributed by atoms with E-state index in [1.54, 1.807) is 15.6 Å². The van der Waals surface area contributed by atoms with Crippen LogP contribution >= 0.6 is 22.9 Å². The summed E-state index contributed by atoms with van der Waals surface area (Å²) in [5, 5.41) is 3.09. The minimum absolute atomic E-state index is 0.462. The molecule has 0 N–H and O–H groups in total. The second-order valence-corrected chi connectivity index (χ2v) is 7.81. The lowest BCUT2D eigenvalue weighted by Crippen LogP contribution is -2.48. The number of hydrogen-bond acceptors (Lipinski definition) is 5. The first-order valence-corrected chi connectivity index (χ1v) is 9.42. The molecule has 108 valence electrons. The lowest BCUT2D eigenvalue weighted by atomic mass is 10.3. The molecule has 1 aromatic rings. The normalized spacial score (nSPS) is 18.8. The van der Waals surface area contributed by atoms with E-state index in [2.05, 4.69) is 9.88 Å². The Hall–Kier alpha value is -0.210. The van der Waals surface area contributed by atoms with E-state index < -0.39 is 10.0 Å². The molecule has 1 saturated heterocycles. The minimum Gasteiger partial charge on any atom is -0.300 e. The summed E-state index contributed by atoms with van der Waals surface area (Å²) in [6.45, 7) is 3.68. The van der Waals surface area contributed by atoms with Crippen molar-refractivity contribution < 1.29 is 8.42 Å². The second kappa shape index (κ2) is 6.49. The van der Waals surface area contributed by atoms with Gasteiger partial charge < -0.3 is 4.90 Å². The van der Waals surface area contributed by atoms with Crippen LogP contribution < -0.4 is 0 Å². The van der Waals surface area contributed by atoms with E-state index >= 15 is 0 Å². The topological polar surface area (TPSA) is 53.5 Å². The minimum atomic E-state index is -3.03. The molecule has 0 amide bonds. The number of sulfonamides is 1. The Bertz CT molecular complexity index is 510. The van der Waals surface area contributed by atoms with Crippen LogP contribution in [0.15, 0.2) is 5.38 Å². The lowest BCUT2D eigenvalue weighted by molar-refractivity contribution is 0.190. The number of alkyl halides is 1. The quantitative estimate of drug-likeness (QED) is 0.759. The molecule has 8 heteroatoms. The van der Waals surface area contributed by atoms with Gasteiger partial charge in [0.1, 0.15) is 0 Å². The molecule has 5 nitrogen and oxygen atoms in total. The molecule has 2 heterocycles. The zero-order valence-electron chi connectivity index (χ0n) is 10.9. The van der Waals surface area contributed by atoms with Gasteiger partial charge in [0.2, 0.25) is 10.0 Å². The fourth-order valence-corrected chi connectivity index (χ4v) is 3.91. The number of hydrogen-bond donors (Lipinski definition) is 0. The maximum absolute atomic E-state index is 11.4. The standard InChI is InChI=1S/C11H18ClN3O2S2/c1-19(16,17)15-6-4-14(5-7-15)3-2-11-13-10(8-12)9-18-11/h9H,2-8H2,1H3. The average Bonchev–Trinajstić information content (AvgIpc) is 2.84. The summed E-state index contributed by atoms with van der Waals surface area (Å²) >= 11 is 7.36. The first kappa shape index (κ1) is 15.2. The molecule has 1 aliphatic rings. The Labute approximate surface area is 123 Å². The van der Waals surface area contributed by atoms with E-state index in [0.717, 1.165) is 36.8 Å². The fraction of sp³-hybridized carbons (Fsp3) is 0.727. The maximum Gasteiger partial charge on any atom is 0.211 e. The molecule has 0 bridgehead atoms. The van der Waals surface area contributed by atoms with E-state index in [-0.39, 0.29) is 0 Å². The van der Waals surface area contributed by atoms with Gasteiger partial charge in [-0.15, -0.1) is 22.9 Å². The maximum atomic E-state index is 11.4. The van der Waals surface area contributed by atoms with Gasteiger partial charge in [-0.3, -0.25) is 0 Å². The molecule has 0 atom stereocenters. The Morgan fingerprint density at radius 1 is 1.37 bits per heavy atom. The van der Waals surface area contributed by atoms with Crippen molar-refractivity contribution in [1.82, 2.24) is 14.2 Å². The van der Waals surface area contributed by atoms with Crippen molar-refractivity contribution in [2.75, 3.05) is 39.0 Å². The van der Waals surface area contributed by atoms with Gasteiger partial charge in [0.05, 0.1) is 22.8 Å². The van der Waals surface area contributed by atoms with E-state index in [1.165, 1.54) is 6.26 Å². The first-order chi connectivity index (χ1) is 8.99. The highest BCUT2D eigenvalue weighted by atomic mass is 35.5. The van der Waals surface area contributed by atoms with Gasteiger partial charge in [-0.1, -0.05) is 0 Å².